The van der Waals surface area contributed by atoms with Crippen molar-refractivity contribution < 1.29 is 73.1 Å². The van der Waals surface area contributed by atoms with E-state index in [2.05, 4.69) is 10.6 Å². The number of aromatic hydroxyl groups is 1. The van der Waals surface area contributed by atoms with Gasteiger partial charge in [-0.25, -0.2) is 14.4 Å². The number of nitrogens with two attached hydrogens (primary N) is 1. The smallest absolute Gasteiger partial charge is 0.409 e. The number of carbonyl (C=O) groups is 4. The van der Waals surface area contributed by atoms with Crippen molar-refractivity contribution in [2.45, 2.75) is 106 Å². The van der Waals surface area contributed by atoms with Crippen LogP contribution in [0.15, 0.2) is 35.9 Å². The highest BCUT2D eigenvalue weighted by Gasteiger charge is 2.65. The first-order chi connectivity index (χ1) is 25.9. The number of amides is 4. The molecule has 4 aliphatic heterocycles. The molecule has 4 bridgehead atoms. The summed E-state index contributed by atoms with van der Waals surface area (Å²) in [5.74, 6) is -2.07. The van der Waals surface area contributed by atoms with Gasteiger partial charge in [-0.05, 0) is 38.0 Å². The van der Waals surface area contributed by atoms with Crippen molar-refractivity contribution in [3.8, 4) is 5.75 Å². The number of phenolic OH excluding ortho intramolecular Hbond substituents is 1. The minimum Gasteiger partial charge on any atom is -0.506 e. The van der Waals surface area contributed by atoms with Gasteiger partial charge in [0.15, 0.2) is 18.1 Å². The summed E-state index contributed by atoms with van der Waals surface area (Å²) in [6.07, 6.45) is -12.3. The Hall–Kier alpha value is -4.21. The lowest BCUT2D eigenvalue weighted by Crippen LogP contribution is -2.65. The van der Waals surface area contributed by atoms with Gasteiger partial charge in [0, 0.05) is 26.5 Å². The van der Waals surface area contributed by atoms with E-state index in [9.17, 15) is 44.7 Å². The molecule has 4 aliphatic rings. The second-order valence-corrected chi connectivity index (χ2v) is 14.6. The van der Waals surface area contributed by atoms with E-state index >= 15 is 0 Å². The number of aliphatic hydroxyl groups is 4. The molecular formula is C35H47ClN4O15. The number of primary amides is 1. The third kappa shape index (κ3) is 8.63. The zero-order valence-electron chi connectivity index (χ0n) is 30.7. The molecule has 3 saturated heterocycles. The zero-order chi connectivity index (χ0) is 40.6. The number of nitrogens with zero attached hydrogens (tertiary/aromatic N) is 1. The van der Waals surface area contributed by atoms with Crippen LogP contribution in [0.25, 0.3) is 0 Å². The third-order valence-corrected chi connectivity index (χ3v) is 10.7. The highest BCUT2D eigenvalue weighted by molar-refractivity contribution is 6.35. The number of methoxy groups -OCH3 is 1. The van der Waals surface area contributed by atoms with Crippen LogP contribution in [-0.2, 0) is 39.6 Å². The van der Waals surface area contributed by atoms with Crippen LogP contribution in [-0.4, -0.2) is 137 Å². The molecule has 1 aromatic rings. The van der Waals surface area contributed by atoms with E-state index < -0.39 is 115 Å². The Kier molecular flexibility index (Phi) is 12.6. The molecule has 304 valence electrons. The van der Waals surface area contributed by atoms with Crippen LogP contribution in [0.1, 0.15) is 39.2 Å². The normalized spacial score (nSPS) is 36.8. The molecule has 55 heavy (non-hydrogen) atoms. The average molecular weight is 799 g/mol. The number of ether oxygens (including phenoxy) is 6. The van der Waals surface area contributed by atoms with Crippen molar-refractivity contribution in [2.24, 2.45) is 11.7 Å². The summed E-state index contributed by atoms with van der Waals surface area (Å²) in [7, 11) is 2.66. The molecule has 0 aromatic heterocycles. The molecule has 0 aliphatic carbocycles. The predicted octanol–water partition coefficient (Wildman–Crippen LogP) is 0.451. The maximum atomic E-state index is 14.7. The largest absolute Gasteiger partial charge is 0.506 e. The first-order valence-corrected chi connectivity index (χ1v) is 17.8. The van der Waals surface area contributed by atoms with E-state index in [1.54, 1.807) is 39.0 Å². The number of anilines is 1. The average Bonchev–Trinajstić information content (AvgIpc) is 3.82. The topological polar surface area (TPSA) is 281 Å². The molecule has 9 N–H and O–H groups in total. The number of carbonyl (C=O) groups excluding carboxylic acids is 4. The van der Waals surface area contributed by atoms with Crippen LogP contribution < -0.4 is 21.3 Å². The van der Waals surface area contributed by atoms with Crippen molar-refractivity contribution >= 4 is 41.5 Å². The fourth-order valence-corrected chi connectivity index (χ4v) is 7.59. The number of halogens is 1. The summed E-state index contributed by atoms with van der Waals surface area (Å²) >= 11 is 6.65. The standard InChI is InChI=1S/C35H47ClN4O15/c1-15-7-6-8-22(50-5)35(49)13-20(52-33(48)39-35)16(2)29-34(3,55-29)23(53-32(47)38-4)12-24(43)40(18-10-17(9-15)11-19(42)25(18)36)30-27(45)26(44)28(54-31(37)46)21(14-41)51-30/h6-8,10-11,16,20-23,26-30,41-42,44-45,49H,9,12-14H2,1-5H3,(H2,37,46)(H,38,47)(H,39,48). The van der Waals surface area contributed by atoms with E-state index in [0.717, 1.165) is 4.90 Å². The second kappa shape index (κ2) is 16.5. The highest BCUT2D eigenvalue weighted by Crippen LogP contribution is 2.49. The molecule has 0 radical (unpaired) electrons. The van der Waals surface area contributed by atoms with Crippen LogP contribution in [0.4, 0.5) is 20.1 Å². The number of benzene rings is 1. The first kappa shape index (κ1) is 41.9. The predicted molar refractivity (Wildman–Crippen MR) is 190 cm³/mol. The minimum absolute atomic E-state index is 0.148. The Labute approximate surface area is 320 Å². The SMILES string of the molecule is CNC(=O)OC1CC(=O)N(C2OC(CO)C(OC(N)=O)C(O)C2O)c2cc(cc(O)c2Cl)CC(C)=CC=CC(OC)C2(O)CC(OC(=O)N2)C(C)C2OC12C. The lowest BCUT2D eigenvalue weighted by atomic mass is 9.83. The molecule has 3 fully saturated rings. The number of fused-ring (bicyclic) bond motifs is 5. The van der Waals surface area contributed by atoms with Crippen molar-refractivity contribution in [1.29, 1.82) is 0 Å². The highest BCUT2D eigenvalue weighted by atomic mass is 35.5. The summed E-state index contributed by atoms with van der Waals surface area (Å²) < 4.78 is 33.8. The summed E-state index contributed by atoms with van der Waals surface area (Å²) in [6.45, 7) is 4.15. The number of hydrogen-bond donors (Lipinski definition) is 8. The quantitative estimate of drug-likeness (QED) is 0.148. The molecule has 12 atom stereocenters. The fraction of sp³-hybridized carbons (Fsp3) is 0.600. The van der Waals surface area contributed by atoms with Crippen LogP contribution in [0.3, 0.4) is 0 Å². The molecule has 1 aromatic carbocycles. The molecule has 0 spiro atoms. The number of phenols is 1. The number of allylic oxidation sites excluding steroid dienone is 3. The van der Waals surface area contributed by atoms with Crippen LogP contribution in [0.2, 0.25) is 5.02 Å². The lowest BCUT2D eigenvalue weighted by Gasteiger charge is -2.45. The number of epoxide rings is 1. The molecule has 4 amide bonds. The van der Waals surface area contributed by atoms with Crippen molar-refractivity contribution in [3.63, 3.8) is 0 Å². The minimum atomic E-state index is -2.03. The number of alkyl carbamates (subject to hydrolysis) is 2. The molecule has 19 nitrogen and oxygen atoms in total. The van der Waals surface area contributed by atoms with E-state index in [4.69, 9.17) is 45.8 Å². The van der Waals surface area contributed by atoms with Crippen molar-refractivity contribution in [1.82, 2.24) is 10.6 Å². The fourth-order valence-electron chi connectivity index (χ4n) is 7.39. The Balaban J connectivity index is 1.66. The maximum Gasteiger partial charge on any atom is 0.409 e. The maximum absolute atomic E-state index is 14.7. The lowest BCUT2D eigenvalue weighted by molar-refractivity contribution is -0.227. The number of aliphatic hydroxyl groups excluding tert-OH is 3. The van der Waals surface area contributed by atoms with Gasteiger partial charge in [-0.15, -0.1) is 0 Å². The summed E-state index contributed by atoms with van der Waals surface area (Å²) in [4.78, 5) is 52.7. The second-order valence-electron chi connectivity index (χ2n) is 14.2. The Bertz CT molecular complexity index is 1710. The van der Waals surface area contributed by atoms with Crippen LogP contribution in [0.5, 0.6) is 5.75 Å². The molecule has 5 rings (SSSR count). The molecule has 0 saturated carbocycles. The van der Waals surface area contributed by atoms with Gasteiger partial charge < -0.3 is 65.0 Å². The van der Waals surface area contributed by atoms with Gasteiger partial charge in [0.2, 0.25) is 5.91 Å². The number of nitrogens with one attached hydrogen (secondary N) is 2. The molecule has 20 heteroatoms. The van der Waals surface area contributed by atoms with E-state index in [1.807, 2.05) is 0 Å². The van der Waals surface area contributed by atoms with Gasteiger partial charge in [0.25, 0.3) is 0 Å². The van der Waals surface area contributed by atoms with Gasteiger partial charge >= 0.3 is 18.3 Å². The van der Waals surface area contributed by atoms with E-state index in [0.29, 0.717) is 11.1 Å². The monoisotopic (exact) mass is 798 g/mol. The Morgan fingerprint density at radius 3 is 2.55 bits per heavy atom. The van der Waals surface area contributed by atoms with Crippen molar-refractivity contribution in [3.05, 3.63) is 46.5 Å². The molecule has 12 unspecified atom stereocenters. The Morgan fingerprint density at radius 1 is 1.20 bits per heavy atom. The molecular weight excluding hydrogens is 752 g/mol. The third-order valence-electron chi connectivity index (χ3n) is 10.3. The van der Waals surface area contributed by atoms with Gasteiger partial charge in [-0.1, -0.05) is 42.3 Å². The van der Waals surface area contributed by atoms with E-state index in [1.165, 1.54) is 26.3 Å². The number of rotatable bonds is 5. The van der Waals surface area contributed by atoms with Gasteiger partial charge in [0.1, 0.15) is 53.0 Å². The van der Waals surface area contributed by atoms with Gasteiger partial charge in [-0.3, -0.25) is 15.0 Å². The van der Waals surface area contributed by atoms with Crippen LogP contribution in [0, 0.1) is 5.92 Å². The van der Waals surface area contributed by atoms with Crippen LogP contribution >= 0.6 is 11.6 Å². The van der Waals surface area contributed by atoms with Gasteiger partial charge in [0.05, 0.1) is 24.8 Å². The summed E-state index contributed by atoms with van der Waals surface area (Å²) in [5, 5.41) is 59.8. The first-order valence-electron chi connectivity index (χ1n) is 17.4. The van der Waals surface area contributed by atoms with Crippen molar-refractivity contribution in [2.75, 3.05) is 25.7 Å². The zero-order valence-corrected chi connectivity index (χ0v) is 31.5. The van der Waals surface area contributed by atoms with Gasteiger partial charge in [-0.2, -0.15) is 0 Å². The summed E-state index contributed by atoms with van der Waals surface area (Å²) in [5.41, 5.74) is 2.72. The number of hydrogen-bond acceptors (Lipinski definition) is 15. The summed E-state index contributed by atoms with van der Waals surface area (Å²) in [6, 6.07) is 2.78. The molecule has 4 heterocycles. The Morgan fingerprint density at radius 2 is 1.91 bits per heavy atom. The van der Waals surface area contributed by atoms with E-state index in [-0.39, 0.29) is 23.6 Å².